The fourth-order valence-electron chi connectivity index (χ4n) is 5.34. The lowest BCUT2D eigenvalue weighted by Crippen LogP contribution is -2.35. The zero-order chi connectivity index (χ0) is 46.9. The molecule has 3 N–H and O–H groups in total. The number of hydrogen-bond donors (Lipinski definition) is 3. The molecule has 0 heterocycles. The molecule has 0 aliphatic heterocycles. The van der Waals surface area contributed by atoms with Gasteiger partial charge in [0.05, 0.1) is 19.3 Å². The molecule has 0 amide bonds. The number of ether oxygens (including phenoxy) is 6. The van der Waals surface area contributed by atoms with Crippen LogP contribution in [0.1, 0.15) is 105 Å². The Labute approximate surface area is 366 Å². The summed E-state index contributed by atoms with van der Waals surface area (Å²) >= 11 is 0. The minimum Gasteiger partial charge on any atom is -0.463 e. The Balaban J connectivity index is 5.43. The monoisotopic (exact) mass is 884 g/mol. The maximum atomic E-state index is 12.6. The van der Waals surface area contributed by atoms with Crippen molar-refractivity contribution in [2.75, 3.05) is 78.9 Å². The first-order chi connectivity index (χ1) is 29.3. The average molecular weight is 885 g/mol. The van der Waals surface area contributed by atoms with Gasteiger partial charge in [0, 0.05) is 42.8 Å². The molecule has 62 heavy (non-hydrogen) atoms. The summed E-state index contributed by atoms with van der Waals surface area (Å²) in [7, 11) is 0. The second-order valence-electron chi connectivity index (χ2n) is 15.4. The number of nitrogens with zero attached hydrogens (tertiary/aromatic N) is 2. The second kappa shape index (κ2) is 35.0. The number of unbranched alkanes of at least 4 members (excludes halogenated alkanes) is 6. The maximum absolute atomic E-state index is 12.6. The first kappa shape index (κ1) is 57.5. The predicted octanol–water partition coefficient (Wildman–Crippen LogP) is 2.93. The van der Waals surface area contributed by atoms with Gasteiger partial charge in [0.25, 0.3) is 0 Å². The van der Waals surface area contributed by atoms with E-state index in [-0.39, 0.29) is 81.3 Å². The second-order valence-corrected chi connectivity index (χ2v) is 15.4. The van der Waals surface area contributed by atoms with E-state index in [1.807, 2.05) is 4.90 Å². The third kappa shape index (κ3) is 33.2. The van der Waals surface area contributed by atoms with Crippen LogP contribution in [0.2, 0.25) is 0 Å². The Morgan fingerprint density at radius 3 is 0.984 bits per heavy atom. The molecule has 0 aromatic carbocycles. The van der Waals surface area contributed by atoms with Gasteiger partial charge in [-0.1, -0.05) is 51.8 Å². The van der Waals surface area contributed by atoms with E-state index >= 15 is 0 Å². The minimum atomic E-state index is -1.25. The molecule has 0 fully saturated rings. The highest BCUT2D eigenvalue weighted by atomic mass is 16.6. The van der Waals surface area contributed by atoms with Crippen molar-refractivity contribution in [1.29, 1.82) is 0 Å². The topological polar surface area (TPSA) is 242 Å². The summed E-state index contributed by atoms with van der Waals surface area (Å²) in [5, 5.41) is 30.2. The predicted molar refractivity (Wildman–Crippen MR) is 227 cm³/mol. The highest BCUT2D eigenvalue weighted by Crippen LogP contribution is 2.11. The van der Waals surface area contributed by atoms with Crippen molar-refractivity contribution < 1.29 is 77.3 Å². The van der Waals surface area contributed by atoms with E-state index in [0.717, 1.165) is 44.9 Å². The molecule has 18 nitrogen and oxygen atoms in total. The normalized spacial score (nSPS) is 12.5. The van der Waals surface area contributed by atoms with Gasteiger partial charge in [0.1, 0.15) is 63.7 Å². The lowest BCUT2D eigenvalue weighted by molar-refractivity contribution is -0.152. The van der Waals surface area contributed by atoms with E-state index in [1.165, 1.54) is 20.8 Å². The molecule has 0 aliphatic rings. The fourth-order valence-corrected chi connectivity index (χ4v) is 5.34. The van der Waals surface area contributed by atoms with Gasteiger partial charge in [-0.15, -0.1) is 0 Å². The van der Waals surface area contributed by atoms with Crippen LogP contribution in [0.25, 0.3) is 0 Å². The van der Waals surface area contributed by atoms with Crippen molar-refractivity contribution >= 4 is 41.6 Å². The first-order valence-electron chi connectivity index (χ1n) is 21.2. The van der Waals surface area contributed by atoms with Crippen LogP contribution in [0, 0.1) is 0 Å². The van der Waals surface area contributed by atoms with E-state index in [0.29, 0.717) is 39.0 Å². The van der Waals surface area contributed by atoms with E-state index in [2.05, 4.69) is 24.6 Å². The van der Waals surface area contributed by atoms with Gasteiger partial charge in [-0.25, -0.2) is 14.4 Å². The number of ketones is 1. The molecule has 0 saturated carbocycles. The smallest absolute Gasteiger partial charge is 0.333 e. The highest BCUT2D eigenvalue weighted by Gasteiger charge is 2.18. The molecule has 0 radical (unpaired) electrons. The average Bonchev–Trinajstić information content (AvgIpc) is 3.22. The molecule has 0 saturated heterocycles. The molecular formula is C44H72N2O16. The third-order valence-electron chi connectivity index (χ3n) is 8.92. The molecule has 0 aromatic rings. The number of rotatable bonds is 38. The summed E-state index contributed by atoms with van der Waals surface area (Å²) in [4.78, 5) is 87.8. The van der Waals surface area contributed by atoms with Gasteiger partial charge in [-0.05, 0) is 66.6 Å². The number of carbonyl (C=O) groups is 7. The van der Waals surface area contributed by atoms with Gasteiger partial charge in [-0.3, -0.25) is 14.4 Å². The van der Waals surface area contributed by atoms with Crippen molar-refractivity contribution in [1.82, 2.24) is 9.80 Å². The maximum Gasteiger partial charge on any atom is 0.333 e. The van der Waals surface area contributed by atoms with Crippen molar-refractivity contribution in [2.24, 2.45) is 0 Å². The summed E-state index contributed by atoms with van der Waals surface area (Å²) in [6.07, 6.45) is 4.19. The van der Waals surface area contributed by atoms with E-state index in [9.17, 15) is 48.9 Å². The molecule has 0 aliphatic carbocycles. The van der Waals surface area contributed by atoms with Crippen LogP contribution in [0.15, 0.2) is 36.5 Å². The zero-order valence-electron chi connectivity index (χ0n) is 37.4. The summed E-state index contributed by atoms with van der Waals surface area (Å²) in [6.45, 7) is 16.5. The van der Waals surface area contributed by atoms with Crippen molar-refractivity contribution in [3.05, 3.63) is 36.5 Å². The number of aliphatic hydroxyl groups excluding tert-OH is 3. The Hall–Kier alpha value is -4.49. The molecule has 354 valence electrons. The molecular weight excluding hydrogens is 812 g/mol. The van der Waals surface area contributed by atoms with Crippen LogP contribution in [-0.4, -0.2) is 164 Å². The SMILES string of the molecule is C=C(C)C(=O)OCC(O)COC(=O)CCN(CCCCCCCCCC(C)=O)CCCN(CCC(=O)OCC(O)COC(=O)C(=C)C)CCC(=O)OCC(O)COC(=O)C(=C)C. The lowest BCUT2D eigenvalue weighted by atomic mass is 10.1. The first-order valence-corrected chi connectivity index (χ1v) is 21.2. The standard InChI is InChI=1S/C44H72N2O16/c1-32(2)42(54)60-29-36(48)26-57-39(51)17-23-45(20-14-12-10-8-9-11-13-16-35(7)47)21-15-22-46(24-18-40(52)58-27-37(49)30-61-43(55)33(3)4)25-19-41(53)59-28-38(50)31-62-44(56)34(5)6/h36-38,48-50H,1,3,5,8-31H2,2,4,6-7H3. The molecule has 18 heteroatoms. The summed E-state index contributed by atoms with van der Waals surface area (Å²) in [6, 6.07) is 0. The fraction of sp³-hybridized carbons (Fsp3) is 0.705. The van der Waals surface area contributed by atoms with E-state index in [4.69, 9.17) is 28.4 Å². The van der Waals surface area contributed by atoms with E-state index < -0.39 is 67.3 Å². The molecule has 3 unspecified atom stereocenters. The third-order valence-corrected chi connectivity index (χ3v) is 8.92. The number of esters is 6. The Kier molecular flexibility index (Phi) is 32.5. The van der Waals surface area contributed by atoms with Crippen LogP contribution in [0.5, 0.6) is 0 Å². The Morgan fingerprint density at radius 2 is 0.661 bits per heavy atom. The van der Waals surface area contributed by atoms with Crippen LogP contribution < -0.4 is 0 Å². The molecule has 0 spiro atoms. The van der Waals surface area contributed by atoms with Gasteiger partial charge in [0.15, 0.2) is 0 Å². The quantitative estimate of drug-likeness (QED) is 0.0349. The van der Waals surface area contributed by atoms with E-state index in [1.54, 1.807) is 6.92 Å². The number of hydrogen-bond acceptors (Lipinski definition) is 18. The van der Waals surface area contributed by atoms with Gasteiger partial charge >= 0.3 is 35.8 Å². The largest absolute Gasteiger partial charge is 0.463 e. The van der Waals surface area contributed by atoms with Gasteiger partial charge in [-0.2, -0.15) is 0 Å². The van der Waals surface area contributed by atoms with Crippen molar-refractivity contribution in [3.63, 3.8) is 0 Å². The van der Waals surface area contributed by atoms with Crippen molar-refractivity contribution in [3.8, 4) is 0 Å². The minimum absolute atomic E-state index is 0.0340. The lowest BCUT2D eigenvalue weighted by Gasteiger charge is -2.26. The van der Waals surface area contributed by atoms with Crippen molar-refractivity contribution in [2.45, 2.75) is 123 Å². The van der Waals surface area contributed by atoms with Crippen LogP contribution in [0.3, 0.4) is 0 Å². The van der Waals surface area contributed by atoms with Gasteiger partial charge < -0.3 is 58.3 Å². The molecule has 0 rings (SSSR count). The number of carbonyl (C=O) groups excluding carboxylic acids is 7. The molecule has 3 atom stereocenters. The molecule has 0 bridgehead atoms. The summed E-state index contributed by atoms with van der Waals surface area (Å²) in [5.41, 5.74) is 0.484. The van der Waals surface area contributed by atoms with Crippen LogP contribution in [0.4, 0.5) is 0 Å². The van der Waals surface area contributed by atoms with Crippen LogP contribution >= 0.6 is 0 Å². The number of aliphatic hydroxyl groups is 3. The summed E-state index contributed by atoms with van der Waals surface area (Å²) in [5.74, 6) is -3.64. The van der Waals surface area contributed by atoms with Crippen LogP contribution in [-0.2, 0) is 62.0 Å². The number of Topliss-reactive ketones (excluding diaryl/α,β-unsaturated/α-hetero) is 1. The molecule has 0 aromatic heterocycles. The Bertz CT molecular complexity index is 1380. The zero-order valence-corrected chi connectivity index (χ0v) is 37.4. The Morgan fingerprint density at radius 1 is 0.387 bits per heavy atom. The highest BCUT2D eigenvalue weighted by molar-refractivity contribution is 5.87. The summed E-state index contributed by atoms with van der Waals surface area (Å²) < 4.78 is 30.2. The van der Waals surface area contributed by atoms with Gasteiger partial charge in [0.2, 0.25) is 0 Å².